The molecule has 2 nitrogen and oxygen atoms in total. The lowest BCUT2D eigenvalue weighted by atomic mass is 9.69. The highest BCUT2D eigenvalue weighted by atomic mass is 16.1. The largest absolute Gasteiger partial charge is 0.352 e. The molecule has 4 unspecified atom stereocenters. The van der Waals surface area contributed by atoms with E-state index < -0.39 is 0 Å². The highest BCUT2D eigenvalue weighted by Gasteiger charge is 2.51. The summed E-state index contributed by atoms with van der Waals surface area (Å²) in [6.07, 6.45) is 5.72. The molecule has 1 amide bonds. The lowest BCUT2D eigenvalue weighted by Gasteiger charge is -2.35. The minimum Gasteiger partial charge on any atom is -0.352 e. The van der Waals surface area contributed by atoms with Gasteiger partial charge in [0.25, 0.3) is 0 Å². The summed E-state index contributed by atoms with van der Waals surface area (Å²) in [7, 11) is 0. The molecule has 2 aliphatic carbocycles. The fourth-order valence-corrected chi connectivity index (χ4v) is 5.54. The second kappa shape index (κ2) is 8.31. The molecule has 0 heterocycles. The molecule has 2 heteroatoms. The van der Waals surface area contributed by atoms with Gasteiger partial charge in [0.15, 0.2) is 0 Å². The average Bonchev–Trinajstić information content (AvgIpc) is 3.42. The third kappa shape index (κ3) is 3.59. The Kier molecular flexibility index (Phi) is 5.23. The van der Waals surface area contributed by atoms with E-state index in [1.165, 1.54) is 11.1 Å². The summed E-state index contributed by atoms with van der Waals surface area (Å²) >= 11 is 0. The van der Waals surface area contributed by atoms with Crippen LogP contribution in [0.1, 0.15) is 29.0 Å². The van der Waals surface area contributed by atoms with Crippen molar-refractivity contribution in [3.05, 3.63) is 120 Å². The summed E-state index contributed by atoms with van der Waals surface area (Å²) < 4.78 is 0. The number of amides is 1. The summed E-state index contributed by atoms with van der Waals surface area (Å²) in [6, 6.07) is 31.6. The summed E-state index contributed by atoms with van der Waals surface area (Å²) in [5.41, 5.74) is 3.75. The predicted molar refractivity (Wildman–Crippen MR) is 121 cm³/mol. The van der Waals surface area contributed by atoms with Crippen molar-refractivity contribution < 1.29 is 4.79 Å². The zero-order chi connectivity index (χ0) is 20.3. The molecule has 1 saturated carbocycles. The highest BCUT2D eigenvalue weighted by molar-refractivity contribution is 5.80. The number of nitrogens with one attached hydrogen (secondary N) is 1. The molecule has 0 aromatic heterocycles. The molecular weight excluding hydrogens is 366 g/mol. The second-order valence-corrected chi connectivity index (χ2v) is 8.55. The van der Waals surface area contributed by atoms with Gasteiger partial charge in [-0.3, -0.25) is 4.79 Å². The smallest absolute Gasteiger partial charge is 0.224 e. The Labute approximate surface area is 178 Å². The number of hydrogen-bond acceptors (Lipinski definition) is 1. The number of fused-ring (bicyclic) bond motifs is 2. The van der Waals surface area contributed by atoms with Crippen molar-refractivity contribution in [3.8, 4) is 0 Å². The average molecular weight is 394 g/mol. The van der Waals surface area contributed by atoms with E-state index in [0.29, 0.717) is 18.4 Å². The first kappa shape index (κ1) is 18.9. The summed E-state index contributed by atoms with van der Waals surface area (Å²) in [5, 5.41) is 3.24. The maximum Gasteiger partial charge on any atom is 0.224 e. The minimum absolute atomic E-state index is 0.00845. The number of carbonyl (C=O) groups excluding carboxylic acids is 1. The van der Waals surface area contributed by atoms with E-state index in [4.69, 9.17) is 0 Å². The molecule has 0 radical (unpaired) electrons. The topological polar surface area (TPSA) is 29.1 Å². The van der Waals surface area contributed by atoms with Gasteiger partial charge in [-0.2, -0.15) is 0 Å². The van der Waals surface area contributed by atoms with Crippen LogP contribution in [0.4, 0.5) is 0 Å². The van der Waals surface area contributed by atoms with Gasteiger partial charge in [0.1, 0.15) is 0 Å². The minimum atomic E-state index is 0.00845. The molecule has 0 aliphatic heterocycles. The van der Waals surface area contributed by atoms with Crippen LogP contribution in [0.5, 0.6) is 0 Å². The molecule has 1 N–H and O–H groups in total. The van der Waals surface area contributed by atoms with Crippen molar-refractivity contribution in [2.75, 3.05) is 0 Å². The molecular formula is C28H27NO. The molecule has 2 aliphatic rings. The number of carbonyl (C=O) groups is 1. The van der Waals surface area contributed by atoms with Gasteiger partial charge in [0.2, 0.25) is 5.91 Å². The van der Waals surface area contributed by atoms with Crippen molar-refractivity contribution in [1.82, 2.24) is 5.32 Å². The third-order valence-electron chi connectivity index (χ3n) is 6.83. The number of rotatable bonds is 6. The van der Waals surface area contributed by atoms with Gasteiger partial charge >= 0.3 is 0 Å². The molecule has 3 aromatic rings. The van der Waals surface area contributed by atoms with Crippen LogP contribution in [0.3, 0.4) is 0 Å². The zero-order valence-electron chi connectivity index (χ0n) is 17.0. The highest BCUT2D eigenvalue weighted by Crippen LogP contribution is 2.55. The molecule has 5 rings (SSSR count). The Balaban J connectivity index is 1.47. The summed E-state index contributed by atoms with van der Waals surface area (Å²) in [4.78, 5) is 13.4. The third-order valence-corrected chi connectivity index (χ3v) is 6.83. The van der Waals surface area contributed by atoms with Gasteiger partial charge in [0, 0.05) is 18.4 Å². The van der Waals surface area contributed by atoms with Gasteiger partial charge in [0.05, 0.1) is 0 Å². The van der Waals surface area contributed by atoms with Crippen molar-refractivity contribution in [2.45, 2.75) is 18.9 Å². The van der Waals surface area contributed by atoms with Crippen molar-refractivity contribution in [3.63, 3.8) is 0 Å². The fraction of sp³-hybridized carbons (Fsp3) is 0.250. The normalized spacial score (nSPS) is 24.3. The number of allylic oxidation sites excluding steroid dienone is 2. The van der Waals surface area contributed by atoms with Crippen LogP contribution in [0.15, 0.2) is 103 Å². The van der Waals surface area contributed by atoms with Crippen molar-refractivity contribution in [1.29, 1.82) is 0 Å². The molecule has 1 fully saturated rings. The van der Waals surface area contributed by atoms with Gasteiger partial charge in [-0.05, 0) is 40.9 Å². The summed E-state index contributed by atoms with van der Waals surface area (Å²) in [6.45, 7) is 0.589. The molecule has 3 aromatic carbocycles. The quantitative estimate of drug-likeness (QED) is 0.545. The fourth-order valence-electron chi connectivity index (χ4n) is 5.54. The van der Waals surface area contributed by atoms with Crippen LogP contribution in [-0.4, -0.2) is 5.91 Å². The van der Waals surface area contributed by atoms with Gasteiger partial charge in [-0.15, -0.1) is 0 Å². The van der Waals surface area contributed by atoms with Crippen molar-refractivity contribution >= 4 is 5.91 Å². The molecule has 2 bridgehead atoms. The predicted octanol–water partition coefficient (Wildman–Crippen LogP) is 5.57. The molecule has 0 saturated heterocycles. The van der Waals surface area contributed by atoms with E-state index in [9.17, 15) is 4.79 Å². The molecule has 150 valence electrons. The monoisotopic (exact) mass is 393 g/mol. The lowest BCUT2D eigenvalue weighted by Crippen LogP contribution is -2.39. The van der Waals surface area contributed by atoms with Crippen LogP contribution in [0, 0.1) is 23.7 Å². The van der Waals surface area contributed by atoms with E-state index in [-0.39, 0.29) is 23.7 Å². The molecule has 30 heavy (non-hydrogen) atoms. The maximum atomic E-state index is 13.4. The first-order valence-electron chi connectivity index (χ1n) is 10.9. The SMILES string of the molecule is O=C(NCc1ccccc1)C1C2C=CC(C2)C1C(c1ccccc1)c1ccccc1. The zero-order valence-corrected chi connectivity index (χ0v) is 17.0. The molecule has 4 atom stereocenters. The van der Waals surface area contributed by atoms with Gasteiger partial charge < -0.3 is 5.32 Å². The van der Waals surface area contributed by atoms with Crippen LogP contribution >= 0.6 is 0 Å². The standard InChI is InChI=1S/C28H27NO/c30-28(29-19-20-10-4-1-5-11-20)27-24-17-16-23(18-24)26(27)25(21-12-6-2-7-13-21)22-14-8-3-9-15-22/h1-17,23-27H,18-19H2,(H,29,30). The Morgan fingerprint density at radius 2 is 1.30 bits per heavy atom. The summed E-state index contributed by atoms with van der Waals surface area (Å²) in [5.74, 6) is 1.49. The Morgan fingerprint density at radius 3 is 1.90 bits per heavy atom. The van der Waals surface area contributed by atoms with Crippen LogP contribution in [0.2, 0.25) is 0 Å². The van der Waals surface area contributed by atoms with Crippen LogP contribution in [0.25, 0.3) is 0 Å². The van der Waals surface area contributed by atoms with Crippen LogP contribution in [-0.2, 0) is 11.3 Å². The maximum absolute atomic E-state index is 13.4. The van der Waals surface area contributed by atoms with E-state index in [1.807, 2.05) is 18.2 Å². The van der Waals surface area contributed by atoms with Crippen LogP contribution < -0.4 is 5.32 Å². The van der Waals surface area contributed by atoms with E-state index in [0.717, 1.165) is 12.0 Å². The molecule has 0 spiro atoms. The van der Waals surface area contributed by atoms with E-state index in [2.05, 4.69) is 90.3 Å². The Bertz CT molecular complexity index is 973. The number of benzene rings is 3. The first-order valence-corrected chi connectivity index (χ1v) is 10.9. The Morgan fingerprint density at radius 1 is 0.767 bits per heavy atom. The lowest BCUT2D eigenvalue weighted by molar-refractivity contribution is -0.127. The Hall–Kier alpha value is -3.13. The van der Waals surface area contributed by atoms with Gasteiger partial charge in [-0.1, -0.05) is 103 Å². The first-order chi connectivity index (χ1) is 14.8. The van der Waals surface area contributed by atoms with E-state index in [1.54, 1.807) is 0 Å². The second-order valence-electron chi connectivity index (χ2n) is 8.55. The van der Waals surface area contributed by atoms with Crippen molar-refractivity contribution in [2.24, 2.45) is 23.7 Å². The van der Waals surface area contributed by atoms with Gasteiger partial charge in [-0.25, -0.2) is 0 Å². The number of hydrogen-bond donors (Lipinski definition) is 1. The van der Waals surface area contributed by atoms with E-state index >= 15 is 0 Å².